The molecule has 25 heavy (non-hydrogen) atoms. The molecule has 1 N–H and O–H groups in total. The standard InChI is InChI=1S/C21H29N3O/c1-23-14-19(21(22-23)17-5-3-2-4-6-17)15-24-11-9-16-7-8-20(25)13-18(16)10-12-24/h7-8,13-14,17,25H,2-6,9-12,15H2,1H3. The van der Waals surface area contributed by atoms with E-state index < -0.39 is 0 Å². The molecule has 0 atom stereocenters. The molecule has 0 spiro atoms. The molecule has 2 heterocycles. The molecular weight excluding hydrogens is 310 g/mol. The average molecular weight is 339 g/mol. The highest BCUT2D eigenvalue weighted by Gasteiger charge is 2.23. The van der Waals surface area contributed by atoms with Gasteiger partial charge in [-0.2, -0.15) is 5.10 Å². The molecule has 0 saturated heterocycles. The lowest BCUT2D eigenvalue weighted by Gasteiger charge is -2.23. The van der Waals surface area contributed by atoms with E-state index >= 15 is 0 Å². The number of hydrogen-bond donors (Lipinski definition) is 1. The highest BCUT2D eigenvalue weighted by atomic mass is 16.3. The van der Waals surface area contributed by atoms with Crippen LogP contribution in [0.4, 0.5) is 0 Å². The largest absolute Gasteiger partial charge is 0.508 e. The number of rotatable bonds is 3. The monoisotopic (exact) mass is 339 g/mol. The van der Waals surface area contributed by atoms with Gasteiger partial charge in [-0.3, -0.25) is 9.58 Å². The van der Waals surface area contributed by atoms with E-state index in [0.29, 0.717) is 11.7 Å². The third kappa shape index (κ3) is 3.74. The van der Waals surface area contributed by atoms with Crippen LogP contribution in [-0.2, 0) is 26.4 Å². The van der Waals surface area contributed by atoms with Crippen LogP contribution in [0.3, 0.4) is 0 Å². The summed E-state index contributed by atoms with van der Waals surface area (Å²) in [4.78, 5) is 2.56. The van der Waals surface area contributed by atoms with Crippen molar-refractivity contribution in [3.8, 4) is 5.75 Å². The number of nitrogens with zero attached hydrogens (tertiary/aromatic N) is 3. The van der Waals surface area contributed by atoms with Crippen LogP contribution in [0.2, 0.25) is 0 Å². The SMILES string of the molecule is Cn1cc(CN2CCc3ccc(O)cc3CC2)c(C2CCCCC2)n1. The first-order valence-electron chi connectivity index (χ1n) is 9.74. The Labute approximate surface area is 150 Å². The van der Waals surface area contributed by atoms with Crippen LogP contribution in [-0.4, -0.2) is 32.9 Å². The highest BCUT2D eigenvalue weighted by Crippen LogP contribution is 2.34. The van der Waals surface area contributed by atoms with Crippen molar-refractivity contribution in [1.82, 2.24) is 14.7 Å². The lowest BCUT2D eigenvalue weighted by molar-refractivity contribution is 0.277. The van der Waals surface area contributed by atoms with Crippen molar-refractivity contribution in [2.24, 2.45) is 7.05 Å². The number of aromatic hydroxyl groups is 1. The molecule has 4 nitrogen and oxygen atoms in total. The molecule has 1 aromatic heterocycles. The van der Waals surface area contributed by atoms with Crippen LogP contribution < -0.4 is 0 Å². The molecule has 4 rings (SSSR count). The molecule has 2 aliphatic rings. The molecule has 1 aliphatic carbocycles. The fraction of sp³-hybridized carbons (Fsp3) is 0.571. The molecule has 1 aromatic carbocycles. The van der Waals surface area contributed by atoms with Crippen LogP contribution >= 0.6 is 0 Å². The van der Waals surface area contributed by atoms with E-state index in [1.54, 1.807) is 0 Å². The fourth-order valence-corrected chi connectivity index (χ4v) is 4.55. The Balaban J connectivity index is 1.48. The van der Waals surface area contributed by atoms with Crippen LogP contribution in [0.1, 0.15) is 60.4 Å². The molecular formula is C21H29N3O. The van der Waals surface area contributed by atoms with Gasteiger partial charge in [0.1, 0.15) is 5.75 Å². The molecule has 0 unspecified atom stereocenters. The zero-order valence-corrected chi connectivity index (χ0v) is 15.2. The lowest BCUT2D eigenvalue weighted by atomic mass is 9.85. The summed E-state index contributed by atoms with van der Waals surface area (Å²) in [6, 6.07) is 5.85. The first-order chi connectivity index (χ1) is 12.2. The Hall–Kier alpha value is -1.81. The van der Waals surface area contributed by atoms with Gasteiger partial charge < -0.3 is 5.11 Å². The Bertz CT molecular complexity index is 731. The second-order valence-corrected chi connectivity index (χ2v) is 7.78. The van der Waals surface area contributed by atoms with Gasteiger partial charge in [-0.1, -0.05) is 25.3 Å². The fourth-order valence-electron chi connectivity index (χ4n) is 4.55. The second-order valence-electron chi connectivity index (χ2n) is 7.78. The maximum absolute atomic E-state index is 9.74. The number of fused-ring (bicyclic) bond motifs is 1. The minimum atomic E-state index is 0.388. The summed E-state index contributed by atoms with van der Waals surface area (Å²) >= 11 is 0. The summed E-state index contributed by atoms with van der Waals surface area (Å²) in [5, 5.41) is 14.6. The average Bonchev–Trinajstić information content (AvgIpc) is 2.87. The van der Waals surface area contributed by atoms with Crippen LogP contribution in [0.15, 0.2) is 24.4 Å². The van der Waals surface area contributed by atoms with Gasteiger partial charge in [-0.25, -0.2) is 0 Å². The maximum atomic E-state index is 9.74. The van der Waals surface area contributed by atoms with Gasteiger partial charge in [0.05, 0.1) is 5.69 Å². The van der Waals surface area contributed by atoms with Crippen molar-refractivity contribution >= 4 is 0 Å². The summed E-state index contributed by atoms with van der Waals surface area (Å²) in [7, 11) is 2.05. The third-order valence-corrected chi connectivity index (χ3v) is 5.91. The zero-order chi connectivity index (χ0) is 17.2. The lowest BCUT2D eigenvalue weighted by Crippen LogP contribution is -2.26. The van der Waals surface area contributed by atoms with Gasteiger partial charge in [0.15, 0.2) is 0 Å². The van der Waals surface area contributed by atoms with Crippen molar-refractivity contribution in [2.45, 2.75) is 57.4 Å². The minimum Gasteiger partial charge on any atom is -0.508 e. The quantitative estimate of drug-likeness (QED) is 0.925. The molecule has 1 saturated carbocycles. The van der Waals surface area contributed by atoms with Gasteiger partial charge in [-0.05, 0) is 48.9 Å². The predicted octanol–water partition coefficient (Wildman–Crippen LogP) is 3.77. The van der Waals surface area contributed by atoms with Gasteiger partial charge in [0, 0.05) is 44.4 Å². The van der Waals surface area contributed by atoms with E-state index in [9.17, 15) is 5.11 Å². The van der Waals surface area contributed by atoms with E-state index in [2.05, 4.69) is 24.2 Å². The summed E-state index contributed by atoms with van der Waals surface area (Å²) in [5.41, 5.74) is 5.46. The second kappa shape index (κ2) is 7.20. The Morgan fingerprint density at radius 2 is 1.84 bits per heavy atom. The number of phenolic OH excluding ortho intramolecular Hbond substituents is 1. The topological polar surface area (TPSA) is 41.3 Å². The Kier molecular flexibility index (Phi) is 4.80. The zero-order valence-electron chi connectivity index (χ0n) is 15.2. The molecule has 0 bridgehead atoms. The first kappa shape index (κ1) is 16.6. The summed E-state index contributed by atoms with van der Waals surface area (Å²) in [5.74, 6) is 1.05. The van der Waals surface area contributed by atoms with Crippen molar-refractivity contribution in [3.05, 3.63) is 46.8 Å². The molecule has 4 heteroatoms. The summed E-state index contributed by atoms with van der Waals surface area (Å²) < 4.78 is 2.00. The minimum absolute atomic E-state index is 0.388. The number of hydrogen-bond acceptors (Lipinski definition) is 3. The van der Waals surface area contributed by atoms with E-state index in [-0.39, 0.29) is 0 Å². The molecule has 134 valence electrons. The summed E-state index contributed by atoms with van der Waals surface area (Å²) in [6.07, 6.45) is 11.0. The van der Waals surface area contributed by atoms with E-state index in [1.807, 2.05) is 16.8 Å². The van der Waals surface area contributed by atoms with E-state index in [1.165, 1.54) is 54.5 Å². The molecule has 0 amide bonds. The van der Waals surface area contributed by atoms with Crippen molar-refractivity contribution in [1.29, 1.82) is 0 Å². The van der Waals surface area contributed by atoms with Crippen molar-refractivity contribution < 1.29 is 5.11 Å². The highest BCUT2D eigenvalue weighted by molar-refractivity contribution is 5.36. The summed E-state index contributed by atoms with van der Waals surface area (Å²) in [6.45, 7) is 3.13. The Morgan fingerprint density at radius 1 is 1.08 bits per heavy atom. The van der Waals surface area contributed by atoms with Gasteiger partial charge >= 0.3 is 0 Å². The van der Waals surface area contributed by atoms with Crippen LogP contribution in [0.5, 0.6) is 5.75 Å². The normalized spacial score (nSPS) is 19.6. The maximum Gasteiger partial charge on any atom is 0.115 e. The van der Waals surface area contributed by atoms with Gasteiger partial charge in [0.2, 0.25) is 0 Å². The van der Waals surface area contributed by atoms with Crippen molar-refractivity contribution in [3.63, 3.8) is 0 Å². The van der Waals surface area contributed by atoms with Crippen LogP contribution in [0.25, 0.3) is 0 Å². The number of aryl methyl sites for hydroxylation is 1. The number of aromatic nitrogens is 2. The predicted molar refractivity (Wildman–Crippen MR) is 99.8 cm³/mol. The van der Waals surface area contributed by atoms with E-state index in [4.69, 9.17) is 5.10 Å². The van der Waals surface area contributed by atoms with Gasteiger partial charge in [0.25, 0.3) is 0 Å². The van der Waals surface area contributed by atoms with Crippen LogP contribution in [0, 0.1) is 0 Å². The van der Waals surface area contributed by atoms with E-state index in [0.717, 1.165) is 32.5 Å². The van der Waals surface area contributed by atoms with Crippen molar-refractivity contribution in [2.75, 3.05) is 13.1 Å². The third-order valence-electron chi connectivity index (χ3n) is 5.91. The molecule has 0 radical (unpaired) electrons. The molecule has 2 aromatic rings. The number of benzene rings is 1. The molecule has 1 fully saturated rings. The molecule has 1 aliphatic heterocycles. The Morgan fingerprint density at radius 3 is 2.64 bits per heavy atom. The smallest absolute Gasteiger partial charge is 0.115 e. The number of phenols is 1. The first-order valence-corrected chi connectivity index (χ1v) is 9.74. The van der Waals surface area contributed by atoms with Gasteiger partial charge in [-0.15, -0.1) is 0 Å².